The van der Waals surface area contributed by atoms with Gasteiger partial charge in [0, 0.05) is 46.3 Å². The molecule has 0 saturated heterocycles. The summed E-state index contributed by atoms with van der Waals surface area (Å²) in [6.45, 7) is 2.07. The molecule has 0 aliphatic heterocycles. The highest BCUT2D eigenvalue weighted by atomic mass is 35.5. The second-order valence-electron chi connectivity index (χ2n) is 7.56. The molecule has 0 aromatic heterocycles. The molecule has 1 N–H and O–H groups in total. The first kappa shape index (κ1) is 28.1. The lowest BCUT2D eigenvalue weighted by atomic mass is 9.98. The highest BCUT2D eigenvalue weighted by Crippen LogP contribution is 2.35. The molecule has 1 aliphatic carbocycles. The van der Waals surface area contributed by atoms with Crippen LogP contribution in [-0.2, 0) is 16.0 Å². The third-order valence-corrected chi connectivity index (χ3v) is 5.55. The summed E-state index contributed by atoms with van der Waals surface area (Å²) < 4.78 is 39.1. The lowest BCUT2D eigenvalue weighted by molar-refractivity contribution is -0.150. The Hall–Kier alpha value is -1.97. The number of carboxylic acid groups (broad SMARTS) is 1. The summed E-state index contributed by atoms with van der Waals surface area (Å²) >= 11 is 4.64. The number of rotatable bonds is 12. The molecule has 0 amide bonds. The van der Waals surface area contributed by atoms with Gasteiger partial charge >= 0.3 is 5.97 Å². The molecule has 7 nitrogen and oxygen atoms in total. The van der Waals surface area contributed by atoms with Crippen LogP contribution in [0, 0.1) is 11.6 Å². The molecule has 1 fully saturated rings. The Balaban J connectivity index is 0.00000249. The minimum atomic E-state index is -1.04. The lowest BCUT2D eigenvalue weighted by Crippen LogP contribution is -2.48. The number of alkyl halides is 1. The van der Waals surface area contributed by atoms with Crippen molar-refractivity contribution >= 4 is 23.8 Å². The molecule has 0 spiro atoms. The Labute approximate surface area is 193 Å². The smallest absolute Gasteiger partial charge is 0.331 e. The standard InChI is InChI=1S/C21H31F2N3O4.CH3Cl/c1-25(12-14-29-3)13-15-30-17-7-6-16(18(22)19(17)23)8-11-24-26(2)21(20(27)28)9-4-5-10-21;1-2/h6-7,11H,4-5,8-10,12-15H2,1-3H3,(H,27,28);1H3/b24-11+;. The average Bonchev–Trinajstić information content (AvgIpc) is 3.29. The molecule has 10 heteroatoms. The van der Waals surface area contributed by atoms with Gasteiger partial charge in [-0.1, -0.05) is 18.9 Å². The van der Waals surface area contributed by atoms with Gasteiger partial charge in [0.2, 0.25) is 5.82 Å². The van der Waals surface area contributed by atoms with Crippen LogP contribution in [0.1, 0.15) is 31.2 Å². The zero-order valence-electron chi connectivity index (χ0n) is 19.2. The summed E-state index contributed by atoms with van der Waals surface area (Å²) in [6.07, 6.45) is 5.62. The second kappa shape index (κ2) is 14.2. The molecule has 0 radical (unpaired) electrons. The molecule has 1 saturated carbocycles. The summed E-state index contributed by atoms with van der Waals surface area (Å²) in [5.74, 6) is -3.07. The van der Waals surface area contributed by atoms with Crippen LogP contribution in [0.5, 0.6) is 5.75 Å². The number of benzene rings is 1. The maximum absolute atomic E-state index is 14.4. The number of hydrogen-bond donors (Lipinski definition) is 1. The molecule has 32 heavy (non-hydrogen) atoms. The van der Waals surface area contributed by atoms with E-state index in [-0.39, 0.29) is 24.3 Å². The molecule has 0 atom stereocenters. The Morgan fingerprint density at radius 3 is 2.41 bits per heavy atom. The summed E-state index contributed by atoms with van der Waals surface area (Å²) in [6, 6.07) is 2.85. The van der Waals surface area contributed by atoms with Crippen LogP contribution in [0.2, 0.25) is 0 Å². The van der Waals surface area contributed by atoms with Crippen molar-refractivity contribution in [3.63, 3.8) is 0 Å². The number of likely N-dealkylation sites (N-methyl/N-ethyl adjacent to an activating group) is 2. The van der Waals surface area contributed by atoms with Crippen molar-refractivity contribution in [1.82, 2.24) is 9.91 Å². The Kier molecular flexibility index (Phi) is 12.5. The molecule has 182 valence electrons. The third-order valence-electron chi connectivity index (χ3n) is 5.55. The van der Waals surface area contributed by atoms with Crippen molar-refractivity contribution in [2.75, 3.05) is 53.9 Å². The first-order valence-electron chi connectivity index (χ1n) is 10.5. The first-order chi connectivity index (χ1) is 15.3. The van der Waals surface area contributed by atoms with Gasteiger partial charge in [-0.2, -0.15) is 9.49 Å². The van der Waals surface area contributed by atoms with E-state index in [1.807, 2.05) is 11.9 Å². The van der Waals surface area contributed by atoms with Gasteiger partial charge in [0.25, 0.3) is 0 Å². The fourth-order valence-electron chi connectivity index (χ4n) is 3.52. The molecular formula is C22H34ClF2N3O4. The lowest BCUT2D eigenvalue weighted by Gasteiger charge is -2.32. The van der Waals surface area contributed by atoms with Gasteiger partial charge in [-0.25, -0.2) is 9.18 Å². The highest BCUT2D eigenvalue weighted by Gasteiger charge is 2.45. The van der Waals surface area contributed by atoms with E-state index in [9.17, 15) is 18.7 Å². The van der Waals surface area contributed by atoms with E-state index in [1.54, 1.807) is 14.2 Å². The van der Waals surface area contributed by atoms with Crippen LogP contribution < -0.4 is 4.74 Å². The molecular weight excluding hydrogens is 444 g/mol. The predicted octanol–water partition coefficient (Wildman–Crippen LogP) is 3.63. The SMILES string of the molecule is CCl.COCCN(C)CCOc1ccc(C/C=N/N(C)C2(C(=O)O)CCCC2)c(F)c1F. The number of carbonyl (C=O) groups is 1. The van der Waals surface area contributed by atoms with Crippen LogP contribution in [0.4, 0.5) is 8.78 Å². The zero-order valence-corrected chi connectivity index (χ0v) is 20.0. The van der Waals surface area contributed by atoms with Crippen molar-refractivity contribution in [2.24, 2.45) is 5.10 Å². The number of halogens is 3. The van der Waals surface area contributed by atoms with E-state index in [2.05, 4.69) is 16.7 Å². The van der Waals surface area contributed by atoms with E-state index in [0.29, 0.717) is 32.5 Å². The average molecular weight is 478 g/mol. The van der Waals surface area contributed by atoms with Crippen LogP contribution in [0.25, 0.3) is 0 Å². The van der Waals surface area contributed by atoms with Crippen molar-refractivity contribution in [1.29, 1.82) is 0 Å². The third kappa shape index (κ3) is 7.56. The topological polar surface area (TPSA) is 74.6 Å². The highest BCUT2D eigenvalue weighted by molar-refractivity contribution is 6.15. The monoisotopic (exact) mass is 477 g/mol. The summed E-state index contributed by atoms with van der Waals surface area (Å²) in [5, 5.41) is 15.2. The quantitative estimate of drug-likeness (QED) is 0.281. The molecule has 1 aliphatic rings. The van der Waals surface area contributed by atoms with Crippen molar-refractivity contribution < 1.29 is 28.2 Å². The van der Waals surface area contributed by atoms with Crippen LogP contribution in [-0.4, -0.2) is 86.6 Å². The number of methoxy groups -OCH3 is 1. The van der Waals surface area contributed by atoms with E-state index in [0.717, 1.165) is 12.8 Å². The zero-order chi connectivity index (χ0) is 24.1. The maximum atomic E-state index is 14.4. The van der Waals surface area contributed by atoms with Gasteiger partial charge in [-0.05, 0) is 31.5 Å². The van der Waals surface area contributed by atoms with E-state index in [4.69, 9.17) is 9.47 Å². The van der Waals surface area contributed by atoms with Gasteiger partial charge in [-0.3, -0.25) is 5.01 Å². The predicted molar refractivity (Wildman–Crippen MR) is 122 cm³/mol. The van der Waals surface area contributed by atoms with E-state index >= 15 is 0 Å². The maximum Gasteiger partial charge on any atom is 0.331 e. The fourth-order valence-corrected chi connectivity index (χ4v) is 3.52. The molecule has 0 heterocycles. The molecule has 0 unspecified atom stereocenters. The molecule has 2 rings (SSSR count). The van der Waals surface area contributed by atoms with Gasteiger partial charge in [0.15, 0.2) is 17.1 Å². The first-order valence-corrected chi connectivity index (χ1v) is 11.2. The summed E-state index contributed by atoms with van der Waals surface area (Å²) in [4.78, 5) is 13.6. The van der Waals surface area contributed by atoms with E-state index < -0.39 is 23.1 Å². The van der Waals surface area contributed by atoms with Crippen molar-refractivity contribution in [3.05, 3.63) is 29.3 Å². The van der Waals surface area contributed by atoms with Gasteiger partial charge in [-0.15, -0.1) is 11.6 Å². The largest absolute Gasteiger partial charge is 0.489 e. The van der Waals surface area contributed by atoms with Gasteiger partial charge < -0.3 is 19.5 Å². The van der Waals surface area contributed by atoms with Crippen LogP contribution in [0.15, 0.2) is 17.2 Å². The summed E-state index contributed by atoms with van der Waals surface area (Å²) in [5.41, 5.74) is -0.890. The minimum Gasteiger partial charge on any atom is -0.489 e. The van der Waals surface area contributed by atoms with Crippen LogP contribution in [0.3, 0.4) is 0 Å². The fraction of sp³-hybridized carbons (Fsp3) is 0.636. The molecule has 1 aromatic carbocycles. The number of hydrazone groups is 1. The Morgan fingerprint density at radius 1 is 1.19 bits per heavy atom. The van der Waals surface area contributed by atoms with Crippen molar-refractivity contribution in [3.8, 4) is 5.75 Å². The normalized spacial score (nSPS) is 15.0. The number of aliphatic carboxylic acids is 1. The Morgan fingerprint density at radius 2 is 1.81 bits per heavy atom. The number of nitrogens with zero attached hydrogens (tertiary/aromatic N) is 3. The van der Waals surface area contributed by atoms with Crippen molar-refractivity contribution in [2.45, 2.75) is 37.6 Å². The number of ether oxygens (including phenoxy) is 2. The number of carboxylic acids is 1. The Bertz CT molecular complexity index is 746. The van der Waals surface area contributed by atoms with Gasteiger partial charge in [0.1, 0.15) is 6.61 Å². The minimum absolute atomic E-state index is 0.0445. The van der Waals surface area contributed by atoms with Crippen LogP contribution >= 0.6 is 11.6 Å². The number of hydrogen-bond acceptors (Lipinski definition) is 6. The van der Waals surface area contributed by atoms with Gasteiger partial charge in [0.05, 0.1) is 6.61 Å². The molecule has 1 aromatic rings. The second-order valence-corrected chi connectivity index (χ2v) is 7.56. The summed E-state index contributed by atoms with van der Waals surface area (Å²) in [7, 11) is 5.11. The molecule has 0 bridgehead atoms. The van der Waals surface area contributed by atoms with E-state index in [1.165, 1.54) is 29.7 Å².